The number of nitrogens with zero attached hydrogens (tertiary/aromatic N) is 2. The Morgan fingerprint density at radius 2 is 2.05 bits per heavy atom. The van der Waals surface area contributed by atoms with Gasteiger partial charge >= 0.3 is 0 Å². The Balaban J connectivity index is 1.96. The summed E-state index contributed by atoms with van der Waals surface area (Å²) in [6, 6.07) is 0.628. The van der Waals surface area contributed by atoms with Crippen molar-refractivity contribution >= 4 is 11.6 Å². The van der Waals surface area contributed by atoms with Crippen molar-refractivity contribution in [2.75, 3.05) is 0 Å². The molecule has 3 nitrogen and oxygen atoms in total. The summed E-state index contributed by atoms with van der Waals surface area (Å²) in [6.07, 6.45) is 3.89. The Morgan fingerprint density at radius 3 is 2.68 bits per heavy atom. The second-order valence-electron chi connectivity index (χ2n) is 6.01. The van der Waals surface area contributed by atoms with Crippen LogP contribution < -0.4 is 5.32 Å². The fourth-order valence-electron chi connectivity index (χ4n) is 3.01. The Bertz CT molecular complexity index is 427. The van der Waals surface area contributed by atoms with Crippen molar-refractivity contribution in [2.24, 2.45) is 11.8 Å². The molecule has 1 aromatic rings. The van der Waals surface area contributed by atoms with Gasteiger partial charge in [-0.15, -0.1) is 0 Å². The largest absolute Gasteiger partial charge is 0.308 e. The molecule has 19 heavy (non-hydrogen) atoms. The zero-order valence-corrected chi connectivity index (χ0v) is 13.3. The number of halogens is 1. The quantitative estimate of drug-likeness (QED) is 0.911. The molecule has 0 spiro atoms. The maximum atomic E-state index is 6.34. The molecule has 1 aliphatic rings. The average Bonchev–Trinajstić information content (AvgIpc) is 2.67. The molecule has 4 heteroatoms. The van der Waals surface area contributed by atoms with Crippen LogP contribution in [-0.4, -0.2) is 15.8 Å². The van der Waals surface area contributed by atoms with E-state index in [9.17, 15) is 0 Å². The van der Waals surface area contributed by atoms with Gasteiger partial charge in [0.15, 0.2) is 0 Å². The van der Waals surface area contributed by atoms with Crippen molar-refractivity contribution < 1.29 is 0 Å². The molecular weight excluding hydrogens is 258 g/mol. The topological polar surface area (TPSA) is 29.9 Å². The first-order valence-corrected chi connectivity index (χ1v) is 7.85. The first kappa shape index (κ1) is 14.9. The van der Waals surface area contributed by atoms with Gasteiger partial charge in [0.05, 0.1) is 16.4 Å². The second-order valence-corrected chi connectivity index (χ2v) is 6.39. The Morgan fingerprint density at radius 1 is 1.32 bits per heavy atom. The molecule has 0 aromatic carbocycles. The van der Waals surface area contributed by atoms with E-state index in [0.717, 1.165) is 41.3 Å². The van der Waals surface area contributed by atoms with Gasteiger partial charge in [-0.1, -0.05) is 25.4 Å². The maximum Gasteiger partial charge on any atom is 0.0860 e. The highest BCUT2D eigenvalue weighted by Gasteiger charge is 2.24. The van der Waals surface area contributed by atoms with E-state index in [-0.39, 0.29) is 0 Å². The highest BCUT2D eigenvalue weighted by atomic mass is 35.5. The minimum Gasteiger partial charge on any atom is -0.308 e. The molecule has 3 unspecified atom stereocenters. The normalized spacial score (nSPS) is 27.7. The average molecular weight is 284 g/mol. The molecule has 0 amide bonds. The lowest BCUT2D eigenvalue weighted by Crippen LogP contribution is -2.36. The summed E-state index contributed by atoms with van der Waals surface area (Å²) in [5.41, 5.74) is 2.07. The lowest BCUT2D eigenvalue weighted by atomic mass is 9.79. The van der Waals surface area contributed by atoms with E-state index in [0.29, 0.717) is 6.04 Å². The smallest absolute Gasteiger partial charge is 0.0860 e. The molecule has 0 saturated heterocycles. The molecule has 1 aromatic heterocycles. The number of aromatic nitrogens is 2. The van der Waals surface area contributed by atoms with E-state index >= 15 is 0 Å². The first-order valence-electron chi connectivity index (χ1n) is 7.48. The van der Waals surface area contributed by atoms with Gasteiger partial charge in [-0.25, -0.2) is 0 Å². The van der Waals surface area contributed by atoms with Crippen LogP contribution in [0.3, 0.4) is 0 Å². The predicted molar refractivity (Wildman–Crippen MR) is 80.5 cm³/mol. The number of rotatable bonds is 4. The third kappa shape index (κ3) is 3.32. The van der Waals surface area contributed by atoms with Crippen molar-refractivity contribution in [3.05, 3.63) is 16.4 Å². The summed E-state index contributed by atoms with van der Waals surface area (Å²) >= 11 is 6.34. The van der Waals surface area contributed by atoms with Crippen LogP contribution in [0.4, 0.5) is 0 Å². The van der Waals surface area contributed by atoms with Crippen molar-refractivity contribution in [1.29, 1.82) is 0 Å². The predicted octanol–water partition coefficient (Wildman–Crippen LogP) is 3.78. The van der Waals surface area contributed by atoms with Crippen molar-refractivity contribution in [1.82, 2.24) is 15.1 Å². The molecule has 108 valence electrons. The van der Waals surface area contributed by atoms with Crippen LogP contribution in [0.5, 0.6) is 0 Å². The third-order valence-electron chi connectivity index (χ3n) is 4.61. The summed E-state index contributed by atoms with van der Waals surface area (Å²) in [5.74, 6) is 1.68. The fraction of sp³-hybridized carbons (Fsp3) is 0.800. The number of hydrogen-bond donors (Lipinski definition) is 1. The van der Waals surface area contributed by atoms with Gasteiger partial charge in [0.25, 0.3) is 0 Å². The molecule has 3 atom stereocenters. The molecule has 1 heterocycles. The standard InChI is InChI=1S/C15H26ClN3/c1-5-19-14(15(16)12(4)18-19)9-17-13-7-6-10(2)11(3)8-13/h10-11,13,17H,5-9H2,1-4H3. The van der Waals surface area contributed by atoms with Crippen LogP contribution >= 0.6 is 11.6 Å². The molecule has 1 aliphatic carbocycles. The van der Waals surface area contributed by atoms with Gasteiger partial charge in [0.1, 0.15) is 0 Å². The molecular formula is C15H26ClN3. The summed E-state index contributed by atoms with van der Waals surface area (Å²) in [4.78, 5) is 0. The zero-order valence-electron chi connectivity index (χ0n) is 12.5. The van der Waals surface area contributed by atoms with E-state index in [1.54, 1.807) is 0 Å². The minimum atomic E-state index is 0.628. The van der Waals surface area contributed by atoms with Crippen molar-refractivity contribution in [2.45, 2.75) is 66.1 Å². The SMILES string of the molecule is CCn1nc(C)c(Cl)c1CNC1CCC(C)C(C)C1. The summed E-state index contributed by atoms with van der Waals surface area (Å²) in [5, 5.41) is 8.96. The highest BCUT2D eigenvalue weighted by molar-refractivity contribution is 6.31. The zero-order chi connectivity index (χ0) is 14.0. The van der Waals surface area contributed by atoms with Crippen LogP contribution in [0.25, 0.3) is 0 Å². The van der Waals surface area contributed by atoms with Crippen molar-refractivity contribution in [3.63, 3.8) is 0 Å². The fourth-order valence-corrected chi connectivity index (χ4v) is 3.21. The third-order valence-corrected chi connectivity index (χ3v) is 5.10. The van der Waals surface area contributed by atoms with E-state index in [1.165, 1.54) is 19.3 Å². The molecule has 0 aliphatic heterocycles. The van der Waals surface area contributed by atoms with E-state index in [4.69, 9.17) is 11.6 Å². The molecule has 0 bridgehead atoms. The summed E-state index contributed by atoms with van der Waals surface area (Å²) < 4.78 is 2.01. The van der Waals surface area contributed by atoms with Crippen LogP contribution in [0.1, 0.15) is 51.4 Å². The van der Waals surface area contributed by atoms with Gasteiger partial charge in [-0.05, 0) is 44.9 Å². The molecule has 2 rings (SSSR count). The van der Waals surface area contributed by atoms with E-state index in [2.05, 4.69) is 31.2 Å². The summed E-state index contributed by atoms with van der Waals surface area (Å²) in [7, 11) is 0. The van der Waals surface area contributed by atoms with Crippen LogP contribution in [0.15, 0.2) is 0 Å². The number of nitrogens with one attached hydrogen (secondary N) is 1. The molecule has 1 N–H and O–H groups in total. The van der Waals surface area contributed by atoms with Crippen LogP contribution in [0, 0.1) is 18.8 Å². The van der Waals surface area contributed by atoms with E-state index < -0.39 is 0 Å². The van der Waals surface area contributed by atoms with Gasteiger partial charge in [0, 0.05) is 19.1 Å². The highest BCUT2D eigenvalue weighted by Crippen LogP contribution is 2.29. The van der Waals surface area contributed by atoms with Gasteiger partial charge in [-0.3, -0.25) is 4.68 Å². The minimum absolute atomic E-state index is 0.628. The lowest BCUT2D eigenvalue weighted by molar-refractivity contribution is 0.224. The summed E-state index contributed by atoms with van der Waals surface area (Å²) in [6.45, 7) is 10.5. The van der Waals surface area contributed by atoms with Crippen LogP contribution in [-0.2, 0) is 13.1 Å². The van der Waals surface area contributed by atoms with Gasteiger partial charge < -0.3 is 5.32 Å². The number of aryl methyl sites for hydroxylation is 2. The molecule has 0 radical (unpaired) electrons. The van der Waals surface area contributed by atoms with Gasteiger partial charge in [0.2, 0.25) is 0 Å². The lowest BCUT2D eigenvalue weighted by Gasteiger charge is -2.32. The molecule has 1 saturated carbocycles. The Labute approximate surface area is 121 Å². The van der Waals surface area contributed by atoms with Crippen molar-refractivity contribution in [3.8, 4) is 0 Å². The second kappa shape index (κ2) is 6.27. The maximum absolute atomic E-state index is 6.34. The molecule has 1 fully saturated rings. The van der Waals surface area contributed by atoms with E-state index in [1.807, 2.05) is 11.6 Å². The number of hydrogen-bond acceptors (Lipinski definition) is 2. The van der Waals surface area contributed by atoms with Gasteiger partial charge in [-0.2, -0.15) is 5.10 Å². The first-order chi connectivity index (χ1) is 9.02. The van der Waals surface area contributed by atoms with Crippen LogP contribution in [0.2, 0.25) is 5.02 Å². The Hall–Kier alpha value is -0.540. The monoisotopic (exact) mass is 283 g/mol. The Kier molecular flexibility index (Phi) is 4.91.